The number of carbonyl (C=O) groups is 2. The second kappa shape index (κ2) is 8.02. The van der Waals surface area contributed by atoms with E-state index in [-0.39, 0.29) is 24.5 Å². The minimum absolute atomic E-state index is 0.0116. The lowest BCUT2D eigenvalue weighted by atomic mass is 9.87. The van der Waals surface area contributed by atoms with E-state index in [2.05, 4.69) is 17.6 Å². The van der Waals surface area contributed by atoms with Gasteiger partial charge in [-0.05, 0) is 25.2 Å². The Morgan fingerprint density at radius 3 is 2.68 bits per heavy atom. The average molecular weight is 270 g/mol. The summed E-state index contributed by atoms with van der Waals surface area (Å²) < 4.78 is 0. The molecule has 3 unspecified atom stereocenters. The summed E-state index contributed by atoms with van der Waals surface area (Å²) in [5.74, 6) is -0.213. The first-order valence-electron chi connectivity index (χ1n) is 7.30. The maximum Gasteiger partial charge on any atom is 0.315 e. The molecule has 0 aromatic carbocycles. The maximum absolute atomic E-state index is 11.9. The van der Waals surface area contributed by atoms with Gasteiger partial charge in [0.1, 0.15) is 0 Å². The molecule has 0 aliphatic heterocycles. The van der Waals surface area contributed by atoms with Crippen LogP contribution in [0.15, 0.2) is 0 Å². The fraction of sp³-hybridized carbons (Fsp3) is 0.857. The summed E-state index contributed by atoms with van der Waals surface area (Å²) >= 11 is 0. The van der Waals surface area contributed by atoms with Gasteiger partial charge in [0.2, 0.25) is 0 Å². The van der Waals surface area contributed by atoms with Crippen molar-refractivity contribution in [2.45, 2.75) is 70.9 Å². The molecule has 2 amide bonds. The molecule has 0 spiro atoms. The average Bonchev–Trinajstić information content (AvgIpc) is 2.27. The SMILES string of the molecule is CCCC(CC(=O)O)NC(=O)NC1CCCC(C)C1. The summed E-state index contributed by atoms with van der Waals surface area (Å²) in [5.41, 5.74) is 0. The fourth-order valence-corrected chi connectivity index (χ4v) is 2.76. The van der Waals surface area contributed by atoms with E-state index in [0.717, 1.165) is 25.7 Å². The Morgan fingerprint density at radius 2 is 2.11 bits per heavy atom. The molecule has 3 atom stereocenters. The van der Waals surface area contributed by atoms with E-state index in [4.69, 9.17) is 5.11 Å². The molecule has 0 heterocycles. The van der Waals surface area contributed by atoms with Crippen molar-refractivity contribution in [2.24, 2.45) is 5.92 Å². The van der Waals surface area contributed by atoms with E-state index >= 15 is 0 Å². The second-order valence-corrected chi connectivity index (χ2v) is 5.67. The van der Waals surface area contributed by atoms with Crippen LogP contribution >= 0.6 is 0 Å². The lowest BCUT2D eigenvalue weighted by Gasteiger charge is -2.28. The van der Waals surface area contributed by atoms with E-state index < -0.39 is 5.97 Å². The third-order valence-corrected chi connectivity index (χ3v) is 3.66. The highest BCUT2D eigenvalue weighted by Crippen LogP contribution is 2.23. The van der Waals surface area contributed by atoms with Crippen LogP contribution in [0.5, 0.6) is 0 Å². The molecule has 3 N–H and O–H groups in total. The Labute approximate surface area is 115 Å². The number of aliphatic carboxylic acids is 1. The zero-order valence-electron chi connectivity index (χ0n) is 11.9. The third kappa shape index (κ3) is 6.45. The number of hydrogen-bond acceptors (Lipinski definition) is 2. The van der Waals surface area contributed by atoms with Gasteiger partial charge in [0.15, 0.2) is 0 Å². The molecule has 0 bridgehead atoms. The molecule has 5 heteroatoms. The summed E-state index contributed by atoms with van der Waals surface area (Å²) in [6.07, 6.45) is 5.97. The summed E-state index contributed by atoms with van der Waals surface area (Å²) in [4.78, 5) is 22.6. The molecule has 1 fully saturated rings. The van der Waals surface area contributed by atoms with E-state index in [1.165, 1.54) is 6.42 Å². The minimum Gasteiger partial charge on any atom is -0.481 e. The van der Waals surface area contributed by atoms with Gasteiger partial charge in [-0.25, -0.2) is 4.79 Å². The van der Waals surface area contributed by atoms with Crippen LogP contribution in [-0.4, -0.2) is 29.2 Å². The molecule has 19 heavy (non-hydrogen) atoms. The highest BCUT2D eigenvalue weighted by atomic mass is 16.4. The smallest absolute Gasteiger partial charge is 0.315 e. The van der Waals surface area contributed by atoms with Crippen molar-refractivity contribution in [3.63, 3.8) is 0 Å². The number of urea groups is 1. The molecule has 1 aliphatic rings. The van der Waals surface area contributed by atoms with Crippen molar-refractivity contribution in [3.05, 3.63) is 0 Å². The van der Waals surface area contributed by atoms with Crippen LogP contribution < -0.4 is 10.6 Å². The second-order valence-electron chi connectivity index (χ2n) is 5.67. The van der Waals surface area contributed by atoms with Gasteiger partial charge in [0, 0.05) is 12.1 Å². The van der Waals surface area contributed by atoms with Gasteiger partial charge >= 0.3 is 12.0 Å². The Balaban J connectivity index is 2.36. The first-order chi connectivity index (χ1) is 9.01. The highest BCUT2D eigenvalue weighted by Gasteiger charge is 2.22. The first kappa shape index (κ1) is 15.8. The molecule has 110 valence electrons. The molecule has 1 rings (SSSR count). The zero-order chi connectivity index (χ0) is 14.3. The molecule has 0 radical (unpaired) electrons. The Morgan fingerprint density at radius 1 is 1.37 bits per heavy atom. The molecule has 1 aliphatic carbocycles. The quantitative estimate of drug-likeness (QED) is 0.694. The third-order valence-electron chi connectivity index (χ3n) is 3.66. The van der Waals surface area contributed by atoms with Gasteiger partial charge in [0.25, 0.3) is 0 Å². The lowest BCUT2D eigenvalue weighted by molar-refractivity contribution is -0.137. The van der Waals surface area contributed by atoms with Gasteiger partial charge in [-0.3, -0.25) is 4.79 Å². The topological polar surface area (TPSA) is 78.4 Å². The standard InChI is InChI=1S/C14H26N2O3/c1-3-5-11(9-13(17)18)15-14(19)16-12-7-4-6-10(2)8-12/h10-12H,3-9H2,1-2H3,(H,17,18)(H2,15,16,19). The molecule has 0 aromatic heterocycles. The van der Waals surface area contributed by atoms with Crippen molar-refractivity contribution in [3.8, 4) is 0 Å². The monoisotopic (exact) mass is 270 g/mol. The Kier molecular flexibility index (Phi) is 6.67. The van der Waals surface area contributed by atoms with Crippen LogP contribution in [0.1, 0.15) is 58.8 Å². The van der Waals surface area contributed by atoms with Crippen LogP contribution in [0.3, 0.4) is 0 Å². The Hall–Kier alpha value is -1.26. The lowest BCUT2D eigenvalue weighted by Crippen LogP contribution is -2.47. The largest absolute Gasteiger partial charge is 0.481 e. The molecule has 5 nitrogen and oxygen atoms in total. The van der Waals surface area contributed by atoms with Crippen LogP contribution in [0.2, 0.25) is 0 Å². The van der Waals surface area contributed by atoms with E-state index in [9.17, 15) is 9.59 Å². The predicted molar refractivity (Wildman–Crippen MR) is 74.0 cm³/mol. The first-order valence-corrected chi connectivity index (χ1v) is 7.30. The summed E-state index contributed by atoms with van der Waals surface area (Å²) in [6.45, 7) is 4.19. The van der Waals surface area contributed by atoms with Crippen molar-refractivity contribution >= 4 is 12.0 Å². The summed E-state index contributed by atoms with van der Waals surface area (Å²) in [6, 6.07) is -0.266. The van der Waals surface area contributed by atoms with Gasteiger partial charge in [0.05, 0.1) is 6.42 Å². The highest BCUT2D eigenvalue weighted by molar-refractivity contribution is 5.76. The van der Waals surface area contributed by atoms with E-state index in [0.29, 0.717) is 12.3 Å². The molecule has 1 saturated carbocycles. The van der Waals surface area contributed by atoms with Gasteiger partial charge in [-0.2, -0.15) is 0 Å². The number of carbonyl (C=O) groups excluding carboxylic acids is 1. The number of amides is 2. The number of carboxylic acids is 1. The van der Waals surface area contributed by atoms with Crippen molar-refractivity contribution in [2.75, 3.05) is 0 Å². The fourth-order valence-electron chi connectivity index (χ4n) is 2.76. The van der Waals surface area contributed by atoms with E-state index in [1.54, 1.807) is 0 Å². The number of nitrogens with one attached hydrogen (secondary N) is 2. The minimum atomic E-state index is -0.870. The molecule has 0 saturated heterocycles. The van der Waals surface area contributed by atoms with Crippen molar-refractivity contribution in [1.29, 1.82) is 0 Å². The van der Waals surface area contributed by atoms with Crippen LogP contribution in [-0.2, 0) is 4.79 Å². The van der Waals surface area contributed by atoms with Crippen molar-refractivity contribution < 1.29 is 14.7 Å². The van der Waals surface area contributed by atoms with Gasteiger partial charge < -0.3 is 15.7 Å². The van der Waals surface area contributed by atoms with Crippen LogP contribution in [0.4, 0.5) is 4.79 Å². The Bertz CT molecular complexity index is 307. The van der Waals surface area contributed by atoms with Crippen LogP contribution in [0.25, 0.3) is 0 Å². The number of rotatable bonds is 6. The van der Waals surface area contributed by atoms with Crippen molar-refractivity contribution in [1.82, 2.24) is 10.6 Å². The normalized spacial score (nSPS) is 24.5. The molecular formula is C14H26N2O3. The van der Waals surface area contributed by atoms with E-state index in [1.807, 2.05) is 6.92 Å². The zero-order valence-corrected chi connectivity index (χ0v) is 11.9. The van der Waals surface area contributed by atoms with Crippen LogP contribution in [0, 0.1) is 5.92 Å². The maximum atomic E-state index is 11.9. The summed E-state index contributed by atoms with van der Waals surface area (Å²) in [7, 11) is 0. The van der Waals surface area contributed by atoms with Gasteiger partial charge in [-0.1, -0.05) is 33.1 Å². The number of hydrogen-bond donors (Lipinski definition) is 3. The van der Waals surface area contributed by atoms with Gasteiger partial charge in [-0.15, -0.1) is 0 Å². The predicted octanol–water partition coefficient (Wildman–Crippen LogP) is 2.51. The molecular weight excluding hydrogens is 244 g/mol. The molecule has 0 aromatic rings. The summed E-state index contributed by atoms with van der Waals surface area (Å²) in [5, 5.41) is 14.6. The number of carboxylic acid groups (broad SMARTS) is 1.